The molecule has 0 fully saturated rings. The molecule has 0 aliphatic carbocycles. The van der Waals surface area contributed by atoms with Crippen LogP contribution in [0.15, 0.2) is 23.1 Å². The van der Waals surface area contributed by atoms with Crippen molar-refractivity contribution in [3.05, 3.63) is 24.0 Å². The van der Waals surface area contributed by atoms with Gasteiger partial charge in [0.1, 0.15) is 5.82 Å². The van der Waals surface area contributed by atoms with Crippen molar-refractivity contribution in [2.75, 3.05) is 23.0 Å². The Morgan fingerprint density at radius 3 is 2.80 bits per heavy atom. The predicted molar refractivity (Wildman–Crippen MR) is 65.1 cm³/mol. The molecule has 0 saturated carbocycles. The Kier molecular flexibility index (Phi) is 5.11. The van der Waals surface area contributed by atoms with E-state index in [9.17, 15) is 8.60 Å². The molecule has 1 aromatic rings. The van der Waals surface area contributed by atoms with Gasteiger partial charge >= 0.3 is 0 Å². The summed E-state index contributed by atoms with van der Waals surface area (Å²) in [5.41, 5.74) is 5.79. The monoisotopic (exact) mass is 247 g/mol. The maximum atomic E-state index is 13.0. The molecule has 2 nitrogen and oxygen atoms in total. The summed E-state index contributed by atoms with van der Waals surface area (Å²) >= 11 is 1.72. The summed E-state index contributed by atoms with van der Waals surface area (Å²) in [5, 5.41) is 0. The summed E-state index contributed by atoms with van der Waals surface area (Å²) in [5.74, 6) is 1.94. The van der Waals surface area contributed by atoms with E-state index in [1.165, 1.54) is 12.1 Å². The van der Waals surface area contributed by atoms with Crippen LogP contribution in [0.5, 0.6) is 0 Å². The lowest BCUT2D eigenvalue weighted by Gasteiger charge is -2.03. The Morgan fingerprint density at radius 2 is 2.20 bits per heavy atom. The number of nitrogen functional groups attached to an aromatic ring is 1. The molecule has 0 amide bonds. The van der Waals surface area contributed by atoms with Crippen molar-refractivity contribution in [1.82, 2.24) is 0 Å². The van der Waals surface area contributed by atoms with Gasteiger partial charge < -0.3 is 5.73 Å². The van der Waals surface area contributed by atoms with Crippen LogP contribution in [0, 0.1) is 5.82 Å². The average Bonchev–Trinajstić information content (AvgIpc) is 2.16. The Labute approximate surface area is 95.9 Å². The molecule has 1 aromatic carbocycles. The van der Waals surface area contributed by atoms with Gasteiger partial charge in [-0.25, -0.2) is 4.39 Å². The maximum Gasteiger partial charge on any atom is 0.126 e. The number of hydrogen-bond donors (Lipinski definition) is 1. The van der Waals surface area contributed by atoms with Crippen molar-refractivity contribution in [3.63, 3.8) is 0 Å². The molecule has 1 unspecified atom stereocenters. The highest BCUT2D eigenvalue weighted by Crippen LogP contribution is 2.15. The predicted octanol–water partition coefficient (Wildman–Crippen LogP) is 2.27. The van der Waals surface area contributed by atoms with Crippen LogP contribution in [0.2, 0.25) is 0 Å². The smallest absolute Gasteiger partial charge is 0.126 e. The highest BCUT2D eigenvalue weighted by Gasteiger charge is 2.06. The maximum absolute atomic E-state index is 13.0. The van der Waals surface area contributed by atoms with Gasteiger partial charge in [0.25, 0.3) is 0 Å². The van der Waals surface area contributed by atoms with E-state index in [1.54, 1.807) is 17.8 Å². The van der Waals surface area contributed by atoms with Crippen molar-refractivity contribution in [1.29, 1.82) is 0 Å². The summed E-state index contributed by atoms with van der Waals surface area (Å²) in [6.45, 7) is 2.05. The van der Waals surface area contributed by atoms with Gasteiger partial charge in [-0.15, -0.1) is 0 Å². The van der Waals surface area contributed by atoms with Gasteiger partial charge in [0.2, 0.25) is 0 Å². The summed E-state index contributed by atoms with van der Waals surface area (Å²) in [6, 6.07) is 4.07. The van der Waals surface area contributed by atoms with E-state index in [2.05, 4.69) is 0 Å². The fourth-order valence-corrected chi connectivity index (χ4v) is 3.23. The molecule has 0 aliphatic rings. The molecule has 1 rings (SSSR count). The lowest BCUT2D eigenvalue weighted by Crippen LogP contribution is -2.02. The lowest BCUT2D eigenvalue weighted by atomic mass is 10.3. The zero-order valence-corrected chi connectivity index (χ0v) is 10.2. The van der Waals surface area contributed by atoms with Crippen LogP contribution >= 0.6 is 11.8 Å². The third kappa shape index (κ3) is 4.22. The van der Waals surface area contributed by atoms with E-state index in [4.69, 9.17) is 5.73 Å². The molecule has 0 heterocycles. The Hall–Kier alpha value is -0.550. The minimum Gasteiger partial charge on any atom is -0.399 e. The second-order valence-electron chi connectivity index (χ2n) is 2.97. The van der Waals surface area contributed by atoms with Crippen LogP contribution < -0.4 is 5.73 Å². The fraction of sp³-hybridized carbons (Fsp3) is 0.400. The van der Waals surface area contributed by atoms with Gasteiger partial charge in [-0.3, -0.25) is 4.21 Å². The first-order valence-electron chi connectivity index (χ1n) is 4.65. The van der Waals surface area contributed by atoms with Gasteiger partial charge in [0.15, 0.2) is 0 Å². The first-order valence-corrected chi connectivity index (χ1v) is 7.13. The highest BCUT2D eigenvalue weighted by atomic mass is 32.2. The second-order valence-corrected chi connectivity index (χ2v) is 5.93. The van der Waals surface area contributed by atoms with Crippen LogP contribution in [-0.4, -0.2) is 21.5 Å². The number of halogens is 1. The Bertz CT molecular complexity index is 337. The van der Waals surface area contributed by atoms with Gasteiger partial charge in [-0.2, -0.15) is 11.8 Å². The van der Waals surface area contributed by atoms with E-state index in [0.29, 0.717) is 16.3 Å². The van der Waals surface area contributed by atoms with Crippen molar-refractivity contribution in [2.45, 2.75) is 11.8 Å². The quantitative estimate of drug-likeness (QED) is 0.641. The molecule has 0 radical (unpaired) electrons. The largest absolute Gasteiger partial charge is 0.399 e. The topological polar surface area (TPSA) is 43.1 Å². The first kappa shape index (κ1) is 12.5. The van der Waals surface area contributed by atoms with E-state index < -0.39 is 16.6 Å². The minimum absolute atomic E-state index is 0.321. The standard InChI is InChI=1S/C10H14FNOS2/c1-2-14-3-4-15(13)10-6-8(11)5-9(12)7-10/h5-7H,2-4,12H2,1H3. The molecule has 1 atom stereocenters. The highest BCUT2D eigenvalue weighted by molar-refractivity contribution is 8.00. The Morgan fingerprint density at radius 1 is 1.47 bits per heavy atom. The molecule has 0 aromatic heterocycles. The molecule has 0 bridgehead atoms. The first-order chi connectivity index (χ1) is 7.13. The molecule has 84 valence electrons. The minimum atomic E-state index is -1.15. The van der Waals surface area contributed by atoms with E-state index in [1.807, 2.05) is 6.92 Å². The molecule has 2 N–H and O–H groups in total. The SMILES string of the molecule is CCSCCS(=O)c1cc(N)cc(F)c1. The summed E-state index contributed by atoms with van der Waals surface area (Å²) < 4.78 is 24.7. The van der Waals surface area contributed by atoms with E-state index in [-0.39, 0.29) is 0 Å². The number of benzene rings is 1. The third-order valence-corrected chi connectivity index (χ3v) is 4.27. The molecular formula is C10H14FNOS2. The number of hydrogen-bond acceptors (Lipinski definition) is 3. The normalized spacial score (nSPS) is 12.7. The van der Waals surface area contributed by atoms with Crippen LogP contribution in [0.25, 0.3) is 0 Å². The summed E-state index contributed by atoms with van der Waals surface area (Å²) in [6.07, 6.45) is 0. The van der Waals surface area contributed by atoms with Gasteiger partial charge in [0.05, 0.1) is 10.8 Å². The van der Waals surface area contributed by atoms with Crippen LogP contribution in [-0.2, 0) is 10.8 Å². The molecule has 5 heteroatoms. The molecule has 0 spiro atoms. The number of nitrogens with two attached hydrogens (primary N) is 1. The number of rotatable bonds is 5. The number of anilines is 1. The van der Waals surface area contributed by atoms with Crippen molar-refractivity contribution < 1.29 is 8.60 Å². The molecule has 15 heavy (non-hydrogen) atoms. The summed E-state index contributed by atoms with van der Waals surface area (Å²) in [4.78, 5) is 0.476. The van der Waals surface area contributed by atoms with Crippen LogP contribution in [0.1, 0.15) is 6.92 Å². The molecule has 0 aliphatic heterocycles. The van der Waals surface area contributed by atoms with Gasteiger partial charge in [0, 0.05) is 22.1 Å². The summed E-state index contributed by atoms with van der Waals surface area (Å²) in [7, 11) is -1.15. The molecule has 0 saturated heterocycles. The average molecular weight is 247 g/mol. The molecular weight excluding hydrogens is 233 g/mol. The van der Waals surface area contributed by atoms with E-state index in [0.717, 1.165) is 11.5 Å². The van der Waals surface area contributed by atoms with Crippen molar-refractivity contribution in [3.8, 4) is 0 Å². The van der Waals surface area contributed by atoms with Crippen molar-refractivity contribution in [2.24, 2.45) is 0 Å². The van der Waals surface area contributed by atoms with E-state index >= 15 is 0 Å². The Balaban J connectivity index is 2.65. The van der Waals surface area contributed by atoms with Crippen molar-refractivity contribution >= 4 is 28.2 Å². The zero-order chi connectivity index (χ0) is 11.3. The second kappa shape index (κ2) is 6.12. The van der Waals surface area contributed by atoms with Gasteiger partial charge in [-0.1, -0.05) is 6.92 Å². The van der Waals surface area contributed by atoms with Crippen LogP contribution in [0.4, 0.5) is 10.1 Å². The fourth-order valence-electron chi connectivity index (χ4n) is 1.11. The number of thioether (sulfide) groups is 1. The lowest BCUT2D eigenvalue weighted by molar-refractivity contribution is 0.623. The third-order valence-electron chi connectivity index (χ3n) is 1.77. The van der Waals surface area contributed by atoms with Gasteiger partial charge in [-0.05, 0) is 24.0 Å². The zero-order valence-electron chi connectivity index (χ0n) is 8.53. The van der Waals surface area contributed by atoms with Crippen LogP contribution in [0.3, 0.4) is 0 Å².